The quantitative estimate of drug-likeness (QED) is 0.837. The summed E-state index contributed by atoms with van der Waals surface area (Å²) < 4.78 is 39.9. The van der Waals surface area contributed by atoms with E-state index in [1.165, 1.54) is 18.2 Å². The van der Waals surface area contributed by atoms with Gasteiger partial charge in [0.05, 0.1) is 0 Å². The van der Waals surface area contributed by atoms with Crippen LogP contribution in [0.2, 0.25) is 0 Å². The Morgan fingerprint density at radius 2 is 2.11 bits per heavy atom. The van der Waals surface area contributed by atoms with Crippen LogP contribution < -0.4 is 10.5 Å². The average molecular weight is 277 g/mol. The maximum absolute atomic E-state index is 12.0. The van der Waals surface area contributed by atoms with Crippen LogP contribution in [0.25, 0.3) is 0 Å². The SMILES string of the molecule is NC(CCC(=O)O)Cc1cccc(OC(F)(F)F)c1. The van der Waals surface area contributed by atoms with Gasteiger partial charge in [0.2, 0.25) is 0 Å². The number of carboxylic acids is 1. The van der Waals surface area contributed by atoms with Gasteiger partial charge in [0, 0.05) is 12.5 Å². The molecule has 0 aliphatic carbocycles. The number of nitrogens with two attached hydrogens (primary N) is 1. The van der Waals surface area contributed by atoms with Crippen LogP contribution in [-0.2, 0) is 11.2 Å². The molecule has 1 unspecified atom stereocenters. The standard InChI is InChI=1S/C12H14F3NO3/c13-12(14,15)19-10-3-1-2-8(7-10)6-9(16)4-5-11(17)18/h1-3,7,9H,4-6,16H2,(H,17,18). The van der Waals surface area contributed by atoms with Gasteiger partial charge in [-0.2, -0.15) is 0 Å². The predicted molar refractivity (Wildman–Crippen MR) is 61.7 cm³/mol. The Morgan fingerprint density at radius 1 is 1.42 bits per heavy atom. The summed E-state index contributed by atoms with van der Waals surface area (Å²) in [6.45, 7) is 0. The molecule has 19 heavy (non-hydrogen) atoms. The van der Waals surface area contributed by atoms with Crippen LogP contribution in [0.4, 0.5) is 13.2 Å². The van der Waals surface area contributed by atoms with Gasteiger partial charge in [-0.3, -0.25) is 4.79 Å². The molecule has 0 amide bonds. The molecule has 1 aromatic rings. The van der Waals surface area contributed by atoms with Crippen molar-refractivity contribution in [3.8, 4) is 5.75 Å². The molecular weight excluding hydrogens is 263 g/mol. The highest BCUT2D eigenvalue weighted by molar-refractivity contribution is 5.66. The Balaban J connectivity index is 2.59. The fraction of sp³-hybridized carbons (Fsp3) is 0.417. The second kappa shape index (κ2) is 6.42. The van der Waals surface area contributed by atoms with Gasteiger partial charge in [-0.05, 0) is 30.5 Å². The molecule has 0 spiro atoms. The molecule has 7 heteroatoms. The highest BCUT2D eigenvalue weighted by Crippen LogP contribution is 2.23. The van der Waals surface area contributed by atoms with Gasteiger partial charge in [0.15, 0.2) is 0 Å². The average Bonchev–Trinajstić information content (AvgIpc) is 2.24. The highest BCUT2D eigenvalue weighted by Gasteiger charge is 2.31. The summed E-state index contributed by atoms with van der Waals surface area (Å²) in [6.07, 6.45) is -4.24. The summed E-state index contributed by atoms with van der Waals surface area (Å²) in [7, 11) is 0. The third-order valence-electron chi connectivity index (χ3n) is 2.36. The number of halogens is 3. The minimum atomic E-state index is -4.73. The molecule has 0 saturated carbocycles. The van der Waals surface area contributed by atoms with Crippen molar-refractivity contribution in [2.75, 3.05) is 0 Å². The smallest absolute Gasteiger partial charge is 0.481 e. The van der Waals surface area contributed by atoms with E-state index in [0.29, 0.717) is 12.0 Å². The first-order chi connectivity index (χ1) is 8.76. The lowest BCUT2D eigenvalue weighted by atomic mass is 10.0. The van der Waals surface area contributed by atoms with Crippen molar-refractivity contribution in [2.45, 2.75) is 31.7 Å². The summed E-state index contributed by atoms with van der Waals surface area (Å²) in [5.74, 6) is -1.26. The van der Waals surface area contributed by atoms with Gasteiger partial charge in [-0.1, -0.05) is 12.1 Å². The second-order valence-electron chi connectivity index (χ2n) is 4.09. The summed E-state index contributed by atoms with van der Waals surface area (Å²) in [5.41, 5.74) is 6.27. The largest absolute Gasteiger partial charge is 0.573 e. The zero-order valence-electron chi connectivity index (χ0n) is 9.98. The van der Waals surface area contributed by atoms with E-state index in [4.69, 9.17) is 10.8 Å². The topological polar surface area (TPSA) is 72.6 Å². The Labute approximate surface area is 108 Å². The van der Waals surface area contributed by atoms with Crippen molar-refractivity contribution in [1.82, 2.24) is 0 Å². The maximum atomic E-state index is 12.0. The molecule has 0 fully saturated rings. The number of hydrogen-bond acceptors (Lipinski definition) is 3. The number of hydrogen-bond donors (Lipinski definition) is 2. The zero-order valence-corrected chi connectivity index (χ0v) is 9.98. The minimum absolute atomic E-state index is 0.0695. The lowest BCUT2D eigenvalue weighted by Gasteiger charge is -2.12. The van der Waals surface area contributed by atoms with Crippen molar-refractivity contribution < 1.29 is 27.8 Å². The number of carbonyl (C=O) groups is 1. The zero-order chi connectivity index (χ0) is 14.5. The van der Waals surface area contributed by atoms with Crippen molar-refractivity contribution in [3.05, 3.63) is 29.8 Å². The molecule has 0 radical (unpaired) electrons. The fourth-order valence-corrected chi connectivity index (χ4v) is 1.58. The van der Waals surface area contributed by atoms with E-state index in [9.17, 15) is 18.0 Å². The molecular formula is C12H14F3NO3. The molecule has 1 atom stereocenters. The summed E-state index contributed by atoms with van der Waals surface area (Å²) in [5, 5.41) is 8.50. The van der Waals surface area contributed by atoms with E-state index in [0.717, 1.165) is 0 Å². The van der Waals surface area contributed by atoms with Gasteiger partial charge in [0.25, 0.3) is 0 Å². The molecule has 1 rings (SSSR count). The number of rotatable bonds is 6. The Hall–Kier alpha value is -1.76. The summed E-state index contributed by atoms with van der Waals surface area (Å²) >= 11 is 0. The monoisotopic (exact) mass is 277 g/mol. The molecule has 0 heterocycles. The van der Waals surface area contributed by atoms with Gasteiger partial charge in [-0.15, -0.1) is 13.2 Å². The summed E-state index contributed by atoms with van der Waals surface area (Å²) in [4.78, 5) is 10.4. The third-order valence-corrected chi connectivity index (χ3v) is 2.36. The van der Waals surface area contributed by atoms with Crippen LogP contribution >= 0.6 is 0 Å². The molecule has 4 nitrogen and oxygen atoms in total. The van der Waals surface area contributed by atoms with E-state index in [1.54, 1.807) is 6.07 Å². The molecule has 0 bridgehead atoms. The van der Waals surface area contributed by atoms with Crippen molar-refractivity contribution >= 4 is 5.97 Å². The van der Waals surface area contributed by atoms with Crippen molar-refractivity contribution in [1.29, 1.82) is 0 Å². The highest BCUT2D eigenvalue weighted by atomic mass is 19.4. The van der Waals surface area contributed by atoms with Crippen LogP contribution in [0, 0.1) is 0 Å². The normalized spacial score (nSPS) is 13.1. The van der Waals surface area contributed by atoms with E-state index >= 15 is 0 Å². The van der Waals surface area contributed by atoms with E-state index in [-0.39, 0.29) is 18.6 Å². The number of aliphatic carboxylic acids is 1. The Bertz CT molecular complexity index is 434. The molecule has 0 aliphatic rings. The van der Waals surface area contributed by atoms with E-state index < -0.39 is 18.4 Å². The molecule has 0 saturated heterocycles. The number of alkyl halides is 3. The minimum Gasteiger partial charge on any atom is -0.481 e. The molecule has 0 aromatic heterocycles. The lowest BCUT2D eigenvalue weighted by molar-refractivity contribution is -0.274. The number of benzene rings is 1. The molecule has 106 valence electrons. The van der Waals surface area contributed by atoms with Crippen molar-refractivity contribution in [2.24, 2.45) is 5.73 Å². The van der Waals surface area contributed by atoms with Crippen LogP contribution in [0.5, 0.6) is 5.75 Å². The van der Waals surface area contributed by atoms with Gasteiger partial charge in [0.1, 0.15) is 5.75 Å². The van der Waals surface area contributed by atoms with Gasteiger partial charge < -0.3 is 15.6 Å². The molecule has 3 N–H and O–H groups in total. The third kappa shape index (κ3) is 6.66. The van der Waals surface area contributed by atoms with Crippen LogP contribution in [0.1, 0.15) is 18.4 Å². The first-order valence-electron chi connectivity index (χ1n) is 5.58. The van der Waals surface area contributed by atoms with Crippen LogP contribution in [-0.4, -0.2) is 23.5 Å². The lowest BCUT2D eigenvalue weighted by Crippen LogP contribution is -2.24. The van der Waals surface area contributed by atoms with Gasteiger partial charge in [-0.25, -0.2) is 0 Å². The summed E-state index contributed by atoms with van der Waals surface area (Å²) in [6, 6.07) is 5.06. The van der Waals surface area contributed by atoms with Crippen LogP contribution in [0.15, 0.2) is 24.3 Å². The number of ether oxygens (including phenoxy) is 1. The second-order valence-corrected chi connectivity index (χ2v) is 4.09. The number of carboxylic acid groups (broad SMARTS) is 1. The molecule has 1 aromatic carbocycles. The predicted octanol–water partition coefficient (Wildman–Crippen LogP) is 2.32. The Kier molecular flexibility index (Phi) is 5.17. The van der Waals surface area contributed by atoms with Crippen LogP contribution in [0.3, 0.4) is 0 Å². The van der Waals surface area contributed by atoms with E-state index in [2.05, 4.69) is 4.74 Å². The first-order valence-corrected chi connectivity index (χ1v) is 5.58. The van der Waals surface area contributed by atoms with Crippen molar-refractivity contribution in [3.63, 3.8) is 0 Å². The molecule has 0 aliphatic heterocycles. The maximum Gasteiger partial charge on any atom is 0.573 e. The Morgan fingerprint density at radius 3 is 2.68 bits per heavy atom. The van der Waals surface area contributed by atoms with Gasteiger partial charge >= 0.3 is 12.3 Å². The fourth-order valence-electron chi connectivity index (χ4n) is 1.58. The van der Waals surface area contributed by atoms with E-state index in [1.807, 2.05) is 0 Å². The first kappa shape index (κ1) is 15.3.